The summed E-state index contributed by atoms with van der Waals surface area (Å²) in [5.41, 5.74) is 5.66. The minimum Gasteiger partial charge on any atom is -0.346 e. The molecular weight excluding hydrogens is 220 g/mol. The van der Waals surface area contributed by atoms with Gasteiger partial charge in [0.05, 0.1) is 5.52 Å². The maximum absolute atomic E-state index is 3.52. The van der Waals surface area contributed by atoms with Gasteiger partial charge in [-0.2, -0.15) is 0 Å². The van der Waals surface area contributed by atoms with Crippen molar-refractivity contribution >= 4 is 10.9 Å². The first-order valence-corrected chi connectivity index (χ1v) is 6.85. The Bertz CT molecular complexity index is 550. The van der Waals surface area contributed by atoms with Crippen LogP contribution < -0.4 is 5.32 Å². The van der Waals surface area contributed by atoms with Crippen molar-refractivity contribution in [3.63, 3.8) is 0 Å². The van der Waals surface area contributed by atoms with E-state index in [9.17, 15) is 0 Å². The second-order valence-electron chi connectivity index (χ2n) is 5.33. The van der Waals surface area contributed by atoms with Gasteiger partial charge in [-0.1, -0.05) is 39.0 Å². The van der Waals surface area contributed by atoms with E-state index in [0.717, 1.165) is 13.0 Å². The molecule has 0 radical (unpaired) electrons. The van der Waals surface area contributed by atoms with Gasteiger partial charge in [0.15, 0.2) is 0 Å². The molecule has 2 nitrogen and oxygen atoms in total. The number of fused-ring (bicyclic) bond motifs is 1. The van der Waals surface area contributed by atoms with E-state index in [1.807, 2.05) is 0 Å². The number of para-hydroxylation sites is 1. The van der Waals surface area contributed by atoms with E-state index in [0.29, 0.717) is 6.04 Å². The van der Waals surface area contributed by atoms with Crippen molar-refractivity contribution < 1.29 is 0 Å². The minimum atomic E-state index is 0.521. The number of nitrogens with one attached hydrogen (secondary N) is 1. The second kappa shape index (κ2) is 5.15. The Kier molecular flexibility index (Phi) is 3.76. The first-order valence-electron chi connectivity index (χ1n) is 6.85. The molecule has 1 aromatic carbocycles. The fourth-order valence-corrected chi connectivity index (χ4v) is 2.67. The van der Waals surface area contributed by atoms with Crippen molar-refractivity contribution in [2.75, 3.05) is 0 Å². The van der Waals surface area contributed by atoms with Crippen LogP contribution in [0.1, 0.15) is 37.6 Å². The van der Waals surface area contributed by atoms with E-state index >= 15 is 0 Å². The van der Waals surface area contributed by atoms with E-state index < -0.39 is 0 Å². The average molecular weight is 244 g/mol. The molecule has 0 saturated heterocycles. The average Bonchev–Trinajstić information content (AvgIpc) is 2.60. The predicted octanol–water partition coefficient (Wildman–Crippen LogP) is 3.55. The van der Waals surface area contributed by atoms with Crippen LogP contribution in [0.2, 0.25) is 0 Å². The standard InChI is InChI=1S/C16H24N2/c1-6-13-8-7-9-14-12(4)15(10-17-11(2)3)18(5)16(13)14/h7-9,11,17H,6,10H2,1-5H3. The number of hydrogen-bond donors (Lipinski definition) is 1. The molecule has 2 heteroatoms. The van der Waals surface area contributed by atoms with E-state index in [1.165, 1.54) is 27.7 Å². The smallest absolute Gasteiger partial charge is 0.0515 e. The summed E-state index contributed by atoms with van der Waals surface area (Å²) < 4.78 is 2.36. The highest BCUT2D eigenvalue weighted by atomic mass is 15.0. The highest BCUT2D eigenvalue weighted by Gasteiger charge is 2.13. The minimum absolute atomic E-state index is 0.521. The van der Waals surface area contributed by atoms with Gasteiger partial charge in [-0.15, -0.1) is 0 Å². The van der Waals surface area contributed by atoms with Gasteiger partial charge in [0.1, 0.15) is 0 Å². The summed E-state index contributed by atoms with van der Waals surface area (Å²) in [5.74, 6) is 0. The summed E-state index contributed by atoms with van der Waals surface area (Å²) in [7, 11) is 2.19. The summed E-state index contributed by atoms with van der Waals surface area (Å²) in [6.45, 7) is 9.78. The molecule has 0 aliphatic rings. The first kappa shape index (κ1) is 13.2. The highest BCUT2D eigenvalue weighted by Crippen LogP contribution is 2.27. The van der Waals surface area contributed by atoms with Crippen molar-refractivity contribution in [2.24, 2.45) is 7.05 Å². The Morgan fingerprint density at radius 3 is 2.61 bits per heavy atom. The van der Waals surface area contributed by atoms with Crippen LogP contribution in [-0.2, 0) is 20.0 Å². The Hall–Kier alpha value is -1.28. The molecule has 18 heavy (non-hydrogen) atoms. The molecule has 1 heterocycles. The molecule has 98 valence electrons. The van der Waals surface area contributed by atoms with Crippen LogP contribution in [0.5, 0.6) is 0 Å². The van der Waals surface area contributed by atoms with Crippen molar-refractivity contribution in [1.82, 2.24) is 9.88 Å². The zero-order chi connectivity index (χ0) is 13.3. The second-order valence-corrected chi connectivity index (χ2v) is 5.33. The molecule has 0 spiro atoms. The van der Waals surface area contributed by atoms with Crippen LogP contribution in [0, 0.1) is 6.92 Å². The quantitative estimate of drug-likeness (QED) is 0.870. The van der Waals surface area contributed by atoms with Gasteiger partial charge in [0.25, 0.3) is 0 Å². The molecule has 0 saturated carbocycles. The van der Waals surface area contributed by atoms with Crippen LogP contribution >= 0.6 is 0 Å². The lowest BCUT2D eigenvalue weighted by Gasteiger charge is -2.11. The van der Waals surface area contributed by atoms with Gasteiger partial charge in [-0.25, -0.2) is 0 Å². The summed E-state index contributed by atoms with van der Waals surface area (Å²) in [6.07, 6.45) is 1.09. The number of benzene rings is 1. The third-order valence-corrected chi connectivity index (χ3v) is 3.76. The molecule has 1 N–H and O–H groups in total. The van der Waals surface area contributed by atoms with E-state index in [4.69, 9.17) is 0 Å². The molecule has 0 amide bonds. The lowest BCUT2D eigenvalue weighted by molar-refractivity contribution is 0.571. The molecule has 2 aromatic rings. The van der Waals surface area contributed by atoms with Crippen molar-refractivity contribution in [3.05, 3.63) is 35.0 Å². The van der Waals surface area contributed by atoms with Crippen LogP contribution in [0.15, 0.2) is 18.2 Å². The van der Waals surface area contributed by atoms with Gasteiger partial charge >= 0.3 is 0 Å². The van der Waals surface area contributed by atoms with Crippen molar-refractivity contribution in [3.8, 4) is 0 Å². The van der Waals surface area contributed by atoms with Gasteiger partial charge in [0.2, 0.25) is 0 Å². The molecule has 0 atom stereocenters. The van der Waals surface area contributed by atoms with Crippen LogP contribution in [0.3, 0.4) is 0 Å². The van der Waals surface area contributed by atoms with Gasteiger partial charge in [-0.05, 0) is 24.5 Å². The number of aromatic nitrogens is 1. The molecule has 0 bridgehead atoms. The Labute approximate surface area is 110 Å². The maximum Gasteiger partial charge on any atom is 0.0515 e. The molecule has 0 fully saturated rings. The normalized spacial score (nSPS) is 11.7. The third kappa shape index (κ3) is 2.17. The largest absolute Gasteiger partial charge is 0.346 e. The molecular formula is C16H24N2. The summed E-state index contributed by atoms with van der Waals surface area (Å²) in [5, 5.41) is 4.92. The molecule has 0 aliphatic carbocycles. The molecule has 2 rings (SSSR count). The van der Waals surface area contributed by atoms with Crippen molar-refractivity contribution in [2.45, 2.75) is 46.7 Å². The topological polar surface area (TPSA) is 17.0 Å². The number of rotatable bonds is 4. The van der Waals surface area contributed by atoms with E-state index in [1.54, 1.807) is 0 Å². The van der Waals surface area contributed by atoms with E-state index in [-0.39, 0.29) is 0 Å². The third-order valence-electron chi connectivity index (χ3n) is 3.76. The van der Waals surface area contributed by atoms with Crippen LogP contribution in [0.4, 0.5) is 0 Å². The van der Waals surface area contributed by atoms with Crippen molar-refractivity contribution in [1.29, 1.82) is 0 Å². The fraction of sp³-hybridized carbons (Fsp3) is 0.500. The Morgan fingerprint density at radius 1 is 1.28 bits per heavy atom. The van der Waals surface area contributed by atoms with E-state index in [2.05, 4.69) is 62.8 Å². The Morgan fingerprint density at radius 2 is 2.00 bits per heavy atom. The van der Waals surface area contributed by atoms with Crippen LogP contribution in [0.25, 0.3) is 10.9 Å². The summed E-state index contributed by atoms with van der Waals surface area (Å²) in [6, 6.07) is 7.17. The molecule has 0 unspecified atom stereocenters. The van der Waals surface area contributed by atoms with Gasteiger partial charge < -0.3 is 9.88 Å². The predicted molar refractivity (Wildman–Crippen MR) is 79.0 cm³/mol. The molecule has 0 aliphatic heterocycles. The lowest BCUT2D eigenvalue weighted by atomic mass is 10.1. The summed E-state index contributed by atoms with van der Waals surface area (Å²) >= 11 is 0. The SMILES string of the molecule is CCc1cccc2c(C)c(CNC(C)C)n(C)c12. The van der Waals surface area contributed by atoms with Crippen LogP contribution in [-0.4, -0.2) is 10.6 Å². The number of aryl methyl sites for hydroxylation is 3. The zero-order valence-electron chi connectivity index (χ0n) is 12.2. The lowest BCUT2D eigenvalue weighted by Crippen LogP contribution is -2.23. The zero-order valence-corrected chi connectivity index (χ0v) is 12.2. The highest BCUT2D eigenvalue weighted by molar-refractivity contribution is 5.88. The number of nitrogens with zero attached hydrogens (tertiary/aromatic N) is 1. The number of hydrogen-bond acceptors (Lipinski definition) is 1. The summed E-state index contributed by atoms with van der Waals surface area (Å²) in [4.78, 5) is 0. The first-order chi connectivity index (χ1) is 8.56. The maximum atomic E-state index is 3.52. The monoisotopic (exact) mass is 244 g/mol. The Balaban J connectivity index is 2.55. The molecule has 1 aromatic heterocycles. The van der Waals surface area contributed by atoms with Gasteiger partial charge in [-0.3, -0.25) is 0 Å². The fourth-order valence-electron chi connectivity index (χ4n) is 2.67. The van der Waals surface area contributed by atoms with Gasteiger partial charge in [0, 0.05) is 30.7 Å².